The smallest absolute Gasteiger partial charge is 0.00772 e. The van der Waals surface area contributed by atoms with Crippen molar-refractivity contribution in [3.05, 3.63) is 12.2 Å². The van der Waals surface area contributed by atoms with E-state index in [2.05, 4.69) is 19.1 Å². The second kappa shape index (κ2) is 16.7. The minimum atomic E-state index is 0.839. The molecule has 0 aromatic carbocycles. The van der Waals surface area contributed by atoms with Crippen LogP contribution < -0.4 is 5.73 Å². The minimum Gasteiger partial charge on any atom is -0.330 e. The van der Waals surface area contributed by atoms with Gasteiger partial charge in [0.05, 0.1) is 0 Å². The maximum Gasteiger partial charge on any atom is -0.00772 e. The van der Waals surface area contributed by atoms with Gasteiger partial charge in [-0.25, -0.2) is 0 Å². The van der Waals surface area contributed by atoms with E-state index in [-0.39, 0.29) is 0 Å². The topological polar surface area (TPSA) is 26.0 Å². The van der Waals surface area contributed by atoms with Crippen molar-refractivity contribution in [3.8, 4) is 0 Å². The molecule has 2 N–H and O–H groups in total. The van der Waals surface area contributed by atoms with Crippen LogP contribution in [-0.2, 0) is 0 Å². The van der Waals surface area contributed by atoms with Gasteiger partial charge in [-0.05, 0) is 38.6 Å². The lowest BCUT2D eigenvalue weighted by Gasteiger charge is -2.00. The minimum absolute atomic E-state index is 0.839. The number of rotatable bonds is 14. The normalized spacial score (nSPS) is 11.4. The fourth-order valence-electron chi connectivity index (χ4n) is 2.22. The summed E-state index contributed by atoms with van der Waals surface area (Å²) in [6.07, 6.45) is 22.4. The zero-order valence-corrected chi connectivity index (χ0v) is 12.6. The lowest BCUT2D eigenvalue weighted by Crippen LogP contribution is -1.96. The molecule has 0 spiro atoms. The summed E-state index contributed by atoms with van der Waals surface area (Å²) in [4.78, 5) is 0. The number of allylic oxidation sites excluding steroid dienone is 2. The first-order valence-corrected chi connectivity index (χ1v) is 8.27. The van der Waals surface area contributed by atoms with E-state index in [1.807, 2.05) is 0 Å². The molecule has 0 unspecified atom stereocenters. The van der Waals surface area contributed by atoms with Gasteiger partial charge in [-0.1, -0.05) is 70.4 Å². The molecule has 0 aliphatic rings. The highest BCUT2D eigenvalue weighted by atomic mass is 14.5. The van der Waals surface area contributed by atoms with Gasteiger partial charge in [0.25, 0.3) is 0 Å². The van der Waals surface area contributed by atoms with E-state index in [0.29, 0.717) is 0 Å². The second-order valence-electron chi connectivity index (χ2n) is 5.37. The van der Waals surface area contributed by atoms with Gasteiger partial charge in [0.15, 0.2) is 0 Å². The Balaban J connectivity index is 2.98. The molecule has 0 aromatic rings. The summed E-state index contributed by atoms with van der Waals surface area (Å²) in [5.41, 5.74) is 5.45. The van der Waals surface area contributed by atoms with Gasteiger partial charge in [-0.2, -0.15) is 0 Å². The van der Waals surface area contributed by atoms with Gasteiger partial charge in [-0.3, -0.25) is 0 Å². The van der Waals surface area contributed by atoms with Crippen LogP contribution in [0, 0.1) is 0 Å². The second-order valence-corrected chi connectivity index (χ2v) is 5.37. The SMILES string of the molecule is CCCCCCCCCCC/C=C\CCCCN. The van der Waals surface area contributed by atoms with Crippen LogP contribution in [0.5, 0.6) is 0 Å². The Morgan fingerprint density at radius 1 is 0.611 bits per heavy atom. The van der Waals surface area contributed by atoms with E-state index < -0.39 is 0 Å². The Bertz CT molecular complexity index is 163. The maximum absolute atomic E-state index is 5.45. The maximum atomic E-state index is 5.45. The third-order valence-corrected chi connectivity index (χ3v) is 3.47. The van der Waals surface area contributed by atoms with E-state index in [4.69, 9.17) is 5.73 Å². The Morgan fingerprint density at radius 3 is 1.56 bits per heavy atom. The van der Waals surface area contributed by atoms with Crippen LogP contribution in [0.15, 0.2) is 12.2 Å². The van der Waals surface area contributed by atoms with E-state index >= 15 is 0 Å². The zero-order chi connectivity index (χ0) is 13.3. The molecule has 1 nitrogen and oxygen atoms in total. The highest BCUT2D eigenvalue weighted by Crippen LogP contribution is 2.10. The van der Waals surface area contributed by atoms with Crippen LogP contribution in [0.1, 0.15) is 90.4 Å². The van der Waals surface area contributed by atoms with Crippen LogP contribution in [0.25, 0.3) is 0 Å². The summed E-state index contributed by atoms with van der Waals surface area (Å²) in [7, 11) is 0. The van der Waals surface area contributed by atoms with Crippen LogP contribution in [-0.4, -0.2) is 6.54 Å². The number of hydrogen-bond acceptors (Lipinski definition) is 1. The summed E-state index contributed by atoms with van der Waals surface area (Å²) in [5, 5.41) is 0. The summed E-state index contributed by atoms with van der Waals surface area (Å²) in [6.45, 7) is 3.12. The molecule has 0 rings (SSSR count). The number of unbranched alkanes of at least 4 members (excludes halogenated alkanes) is 11. The summed E-state index contributed by atoms with van der Waals surface area (Å²) in [5.74, 6) is 0. The summed E-state index contributed by atoms with van der Waals surface area (Å²) < 4.78 is 0. The molecule has 0 heterocycles. The molecule has 0 aromatic heterocycles. The van der Waals surface area contributed by atoms with E-state index in [9.17, 15) is 0 Å². The quantitative estimate of drug-likeness (QED) is 0.317. The Hall–Kier alpha value is -0.300. The molecule has 0 saturated carbocycles. The standard InChI is InChI=1S/C17H35N/c1-2-3-4-5-6-7-8-9-10-11-12-13-14-15-16-17-18/h12-13H,2-11,14-18H2,1H3/b13-12-. The number of hydrogen-bond donors (Lipinski definition) is 1. The molecule has 0 radical (unpaired) electrons. The van der Waals surface area contributed by atoms with Crippen LogP contribution in [0.4, 0.5) is 0 Å². The van der Waals surface area contributed by atoms with Gasteiger partial charge in [-0.15, -0.1) is 0 Å². The van der Waals surface area contributed by atoms with Crippen molar-refractivity contribution in [2.45, 2.75) is 90.4 Å². The summed E-state index contributed by atoms with van der Waals surface area (Å²) >= 11 is 0. The van der Waals surface area contributed by atoms with Gasteiger partial charge in [0, 0.05) is 0 Å². The van der Waals surface area contributed by atoms with E-state index in [1.54, 1.807) is 0 Å². The average Bonchev–Trinajstić information content (AvgIpc) is 2.39. The highest BCUT2D eigenvalue weighted by molar-refractivity contribution is 4.81. The van der Waals surface area contributed by atoms with Gasteiger partial charge in [0.1, 0.15) is 0 Å². The predicted octanol–water partition coefficient (Wildman–Crippen LogP) is 5.59. The van der Waals surface area contributed by atoms with E-state index in [0.717, 1.165) is 6.54 Å². The molecular formula is C17H35N. The van der Waals surface area contributed by atoms with Gasteiger partial charge in [0.2, 0.25) is 0 Å². The first-order valence-electron chi connectivity index (χ1n) is 8.27. The lowest BCUT2D eigenvalue weighted by atomic mass is 10.1. The third-order valence-electron chi connectivity index (χ3n) is 3.47. The van der Waals surface area contributed by atoms with Crippen molar-refractivity contribution >= 4 is 0 Å². The monoisotopic (exact) mass is 253 g/mol. The molecule has 0 atom stereocenters. The molecule has 108 valence electrons. The predicted molar refractivity (Wildman–Crippen MR) is 83.9 cm³/mol. The molecule has 1 heteroatoms. The van der Waals surface area contributed by atoms with Crippen molar-refractivity contribution in [2.24, 2.45) is 5.73 Å². The Kier molecular flexibility index (Phi) is 16.4. The van der Waals surface area contributed by atoms with Crippen LogP contribution in [0.2, 0.25) is 0 Å². The Labute approximate surface area is 115 Å². The molecule has 0 bridgehead atoms. The van der Waals surface area contributed by atoms with Crippen molar-refractivity contribution in [1.82, 2.24) is 0 Å². The number of nitrogens with two attached hydrogens (primary N) is 1. The van der Waals surface area contributed by atoms with Crippen molar-refractivity contribution < 1.29 is 0 Å². The first-order chi connectivity index (χ1) is 8.91. The highest BCUT2D eigenvalue weighted by Gasteiger charge is 1.91. The molecule has 0 fully saturated rings. The first kappa shape index (κ1) is 17.7. The average molecular weight is 253 g/mol. The summed E-state index contributed by atoms with van der Waals surface area (Å²) in [6, 6.07) is 0. The third kappa shape index (κ3) is 15.7. The molecule has 0 amide bonds. The molecule has 0 aliphatic heterocycles. The van der Waals surface area contributed by atoms with Gasteiger partial charge >= 0.3 is 0 Å². The fraction of sp³-hybridized carbons (Fsp3) is 0.882. The fourth-order valence-corrected chi connectivity index (χ4v) is 2.22. The molecule has 0 saturated heterocycles. The molecule has 0 aliphatic carbocycles. The van der Waals surface area contributed by atoms with E-state index in [1.165, 1.54) is 83.5 Å². The molecule has 18 heavy (non-hydrogen) atoms. The van der Waals surface area contributed by atoms with Crippen LogP contribution >= 0.6 is 0 Å². The van der Waals surface area contributed by atoms with Crippen molar-refractivity contribution in [2.75, 3.05) is 6.54 Å². The van der Waals surface area contributed by atoms with Gasteiger partial charge < -0.3 is 5.73 Å². The van der Waals surface area contributed by atoms with Crippen molar-refractivity contribution in [3.63, 3.8) is 0 Å². The molecular weight excluding hydrogens is 218 g/mol. The Morgan fingerprint density at radius 2 is 1.06 bits per heavy atom. The largest absolute Gasteiger partial charge is 0.330 e. The lowest BCUT2D eigenvalue weighted by molar-refractivity contribution is 0.566. The zero-order valence-electron chi connectivity index (χ0n) is 12.6. The van der Waals surface area contributed by atoms with Crippen molar-refractivity contribution in [1.29, 1.82) is 0 Å². The van der Waals surface area contributed by atoms with Crippen LogP contribution in [0.3, 0.4) is 0 Å².